The molecule has 32 heavy (non-hydrogen) atoms. The van der Waals surface area contributed by atoms with Crippen molar-refractivity contribution in [1.82, 2.24) is 4.90 Å². The largest absolute Gasteiger partial charge is 0.493 e. The van der Waals surface area contributed by atoms with Crippen molar-refractivity contribution in [3.05, 3.63) is 39.8 Å². The van der Waals surface area contributed by atoms with Crippen molar-refractivity contribution in [2.24, 2.45) is 0 Å². The first-order chi connectivity index (χ1) is 15.2. The highest BCUT2D eigenvalue weighted by Crippen LogP contribution is 2.34. The number of nitrogens with zero attached hydrogens (tertiary/aromatic N) is 1. The van der Waals surface area contributed by atoms with Crippen molar-refractivity contribution < 1.29 is 33.3 Å². The zero-order valence-electron chi connectivity index (χ0n) is 19.1. The van der Waals surface area contributed by atoms with Gasteiger partial charge >= 0.3 is 11.9 Å². The summed E-state index contributed by atoms with van der Waals surface area (Å²) >= 11 is 0.989. The van der Waals surface area contributed by atoms with Gasteiger partial charge in [0.15, 0.2) is 11.5 Å². The summed E-state index contributed by atoms with van der Waals surface area (Å²) in [5.74, 6) is -0.201. The number of nitrogens with one attached hydrogen (secondary N) is 1. The summed E-state index contributed by atoms with van der Waals surface area (Å²) in [5.41, 5.74) is 1.58. The molecule has 0 aliphatic rings. The van der Waals surface area contributed by atoms with Gasteiger partial charge in [0.05, 0.1) is 34.0 Å². The molecule has 0 unspecified atom stereocenters. The molecule has 0 atom stereocenters. The maximum absolute atomic E-state index is 12.5. The van der Waals surface area contributed by atoms with E-state index in [1.165, 1.54) is 14.2 Å². The van der Waals surface area contributed by atoms with Crippen LogP contribution in [-0.2, 0) is 20.8 Å². The lowest BCUT2D eigenvalue weighted by Gasteiger charge is -2.17. The van der Waals surface area contributed by atoms with Crippen molar-refractivity contribution in [2.75, 3.05) is 47.3 Å². The maximum atomic E-state index is 12.5. The van der Waals surface area contributed by atoms with Crippen LogP contribution in [0.15, 0.2) is 18.2 Å². The Bertz CT molecular complexity index is 987. The molecule has 10 heteroatoms. The summed E-state index contributed by atoms with van der Waals surface area (Å²) < 4.78 is 20.1. The molecule has 174 valence electrons. The number of anilines is 1. The first kappa shape index (κ1) is 25.2. The monoisotopic (exact) mass is 464 g/mol. The van der Waals surface area contributed by atoms with E-state index in [9.17, 15) is 14.4 Å². The Hall–Kier alpha value is -3.11. The molecule has 0 saturated heterocycles. The number of esters is 2. The molecule has 2 rings (SSSR count). The lowest BCUT2D eigenvalue weighted by molar-refractivity contribution is -0.116. The Morgan fingerprint density at radius 1 is 1.00 bits per heavy atom. The molecule has 1 aromatic heterocycles. The Balaban J connectivity index is 2.03. The fourth-order valence-electron chi connectivity index (χ4n) is 3.09. The van der Waals surface area contributed by atoms with Crippen LogP contribution in [0.5, 0.6) is 11.5 Å². The third-order valence-corrected chi connectivity index (χ3v) is 5.97. The normalized spacial score (nSPS) is 10.6. The summed E-state index contributed by atoms with van der Waals surface area (Å²) in [6.07, 6.45) is 0.189. The van der Waals surface area contributed by atoms with Crippen molar-refractivity contribution >= 4 is 34.2 Å². The molecule has 0 radical (unpaired) electrons. The third-order valence-electron chi connectivity index (χ3n) is 4.78. The van der Waals surface area contributed by atoms with E-state index in [1.807, 2.05) is 30.1 Å². The minimum absolute atomic E-state index is 0.157. The average Bonchev–Trinajstić information content (AvgIpc) is 3.11. The summed E-state index contributed by atoms with van der Waals surface area (Å²) in [6.45, 7) is 2.69. The number of carbonyl (C=O) groups excluding carboxylic acids is 3. The number of rotatable bonds is 10. The molecule has 1 aromatic carbocycles. The number of amides is 1. The smallest absolute Gasteiger partial charge is 0.348 e. The topological polar surface area (TPSA) is 103 Å². The van der Waals surface area contributed by atoms with Gasteiger partial charge in [-0.15, -0.1) is 11.3 Å². The van der Waals surface area contributed by atoms with Crippen molar-refractivity contribution in [3.63, 3.8) is 0 Å². The van der Waals surface area contributed by atoms with Gasteiger partial charge in [-0.25, -0.2) is 9.59 Å². The highest BCUT2D eigenvalue weighted by molar-refractivity contribution is 7.18. The van der Waals surface area contributed by atoms with Crippen LogP contribution < -0.4 is 14.8 Å². The van der Waals surface area contributed by atoms with Crippen LogP contribution in [0.2, 0.25) is 0 Å². The predicted molar refractivity (Wildman–Crippen MR) is 121 cm³/mol. The molecule has 1 amide bonds. The second kappa shape index (κ2) is 11.5. The van der Waals surface area contributed by atoms with Gasteiger partial charge in [-0.1, -0.05) is 6.07 Å². The van der Waals surface area contributed by atoms with Crippen LogP contribution in [0.25, 0.3) is 0 Å². The van der Waals surface area contributed by atoms with Crippen LogP contribution in [0.4, 0.5) is 5.00 Å². The number of carbonyl (C=O) groups is 3. The Labute approximate surface area is 191 Å². The molecule has 1 N–H and O–H groups in total. The second-order valence-electron chi connectivity index (χ2n) is 6.97. The molecule has 0 aliphatic heterocycles. The highest BCUT2D eigenvalue weighted by atomic mass is 32.1. The second-order valence-corrected chi connectivity index (χ2v) is 7.99. The Kier molecular flexibility index (Phi) is 9.03. The number of hydrogen-bond donors (Lipinski definition) is 1. The molecule has 2 aromatic rings. The van der Waals surface area contributed by atoms with Crippen LogP contribution >= 0.6 is 11.3 Å². The van der Waals surface area contributed by atoms with Gasteiger partial charge in [0.2, 0.25) is 5.91 Å². The quantitative estimate of drug-likeness (QED) is 0.535. The first-order valence-electron chi connectivity index (χ1n) is 9.74. The average molecular weight is 465 g/mol. The minimum atomic E-state index is -0.630. The van der Waals surface area contributed by atoms with E-state index in [1.54, 1.807) is 21.1 Å². The summed E-state index contributed by atoms with van der Waals surface area (Å²) in [4.78, 5) is 38.9. The predicted octanol–water partition coefficient (Wildman–Crippen LogP) is 3.11. The van der Waals surface area contributed by atoms with Crippen LogP contribution in [0.3, 0.4) is 0 Å². The number of hydrogen-bond acceptors (Lipinski definition) is 9. The molecule has 0 aliphatic carbocycles. The minimum Gasteiger partial charge on any atom is -0.493 e. The van der Waals surface area contributed by atoms with Gasteiger partial charge in [0.1, 0.15) is 9.88 Å². The molecule has 0 bridgehead atoms. The lowest BCUT2D eigenvalue weighted by atomic mass is 10.1. The zero-order chi connectivity index (χ0) is 23.8. The van der Waals surface area contributed by atoms with Gasteiger partial charge in [0, 0.05) is 19.5 Å². The molecule has 0 saturated carbocycles. The van der Waals surface area contributed by atoms with Gasteiger partial charge in [-0.3, -0.25) is 4.79 Å². The van der Waals surface area contributed by atoms with Crippen LogP contribution in [-0.4, -0.2) is 64.8 Å². The van der Waals surface area contributed by atoms with Crippen molar-refractivity contribution in [3.8, 4) is 11.5 Å². The fourth-order valence-corrected chi connectivity index (χ4v) is 4.22. The molecular weight excluding hydrogens is 436 g/mol. The van der Waals surface area contributed by atoms with Gasteiger partial charge in [-0.2, -0.15) is 0 Å². The number of thiophene rings is 1. The van der Waals surface area contributed by atoms with Crippen LogP contribution in [0, 0.1) is 6.92 Å². The number of benzene rings is 1. The fraction of sp³-hybridized carbons (Fsp3) is 0.409. The zero-order valence-corrected chi connectivity index (χ0v) is 19.9. The number of ether oxygens (including phenoxy) is 4. The summed E-state index contributed by atoms with van der Waals surface area (Å²) in [5, 5.41) is 2.99. The summed E-state index contributed by atoms with van der Waals surface area (Å²) in [7, 11) is 7.56. The van der Waals surface area contributed by atoms with Gasteiger partial charge in [0.25, 0.3) is 0 Å². The third kappa shape index (κ3) is 5.98. The van der Waals surface area contributed by atoms with E-state index in [0.29, 0.717) is 30.2 Å². The molecule has 1 heterocycles. The van der Waals surface area contributed by atoms with E-state index >= 15 is 0 Å². The Morgan fingerprint density at radius 2 is 1.66 bits per heavy atom. The van der Waals surface area contributed by atoms with E-state index < -0.39 is 11.9 Å². The van der Waals surface area contributed by atoms with Gasteiger partial charge < -0.3 is 29.2 Å². The van der Waals surface area contributed by atoms with E-state index in [-0.39, 0.29) is 27.8 Å². The molecule has 9 nitrogen and oxygen atoms in total. The first-order valence-corrected chi connectivity index (χ1v) is 10.6. The van der Waals surface area contributed by atoms with E-state index in [2.05, 4.69) is 5.32 Å². The van der Waals surface area contributed by atoms with E-state index in [4.69, 9.17) is 18.9 Å². The Morgan fingerprint density at radius 3 is 2.25 bits per heavy atom. The van der Waals surface area contributed by atoms with Crippen LogP contribution in [0.1, 0.15) is 37.6 Å². The molecular formula is C22H28N2O7S. The van der Waals surface area contributed by atoms with Crippen molar-refractivity contribution in [2.45, 2.75) is 19.9 Å². The van der Waals surface area contributed by atoms with Crippen molar-refractivity contribution in [1.29, 1.82) is 0 Å². The van der Waals surface area contributed by atoms with Gasteiger partial charge in [-0.05, 0) is 37.2 Å². The highest BCUT2D eigenvalue weighted by Gasteiger charge is 2.26. The standard InChI is InChI=1S/C22H28N2O7S/c1-13-18(21(26)30-5)20(32-19(13)22(27)31-6)23-17(25)9-10-24(2)12-14-7-8-15(28-3)16(11-14)29-4/h7-8,11H,9-10,12H2,1-6H3,(H,23,25). The maximum Gasteiger partial charge on any atom is 0.348 e. The molecule has 0 fully saturated rings. The molecule has 0 spiro atoms. The lowest BCUT2D eigenvalue weighted by Crippen LogP contribution is -2.24. The summed E-state index contributed by atoms with van der Waals surface area (Å²) in [6, 6.07) is 5.66. The van der Waals surface area contributed by atoms with E-state index in [0.717, 1.165) is 16.9 Å². The SMILES string of the molecule is COC(=O)c1sc(NC(=O)CCN(C)Cc2ccc(OC)c(OC)c2)c(C(=O)OC)c1C. The number of methoxy groups -OCH3 is 4.